The molecule has 3 aromatic rings. The smallest absolute Gasteiger partial charge is 0.296 e. The molecule has 0 atom stereocenters. The highest BCUT2D eigenvalue weighted by atomic mass is 32.1. The third kappa shape index (κ3) is 2.34. The third-order valence-electron chi connectivity index (χ3n) is 2.62. The highest BCUT2D eigenvalue weighted by Gasteiger charge is 2.14. The van der Waals surface area contributed by atoms with Crippen LogP contribution in [0, 0.1) is 13.8 Å². The predicted octanol–water partition coefficient (Wildman–Crippen LogP) is 3.15. The van der Waals surface area contributed by atoms with Crippen molar-refractivity contribution in [2.45, 2.75) is 13.8 Å². The van der Waals surface area contributed by atoms with Gasteiger partial charge in [-0.25, -0.2) is 4.98 Å². The molecule has 2 aromatic heterocycles. The standard InChI is InChI=1S/C13H11N3O2S/c1-7-3-4-9-11(5-7)19-13(14-9)15-12(17)10-6-8(2)16-18-10/h3-6H,1-2H3,(H,14,15,17). The maximum Gasteiger partial charge on any atom is 0.296 e. The number of thiazole rings is 1. The number of aryl methyl sites for hydroxylation is 2. The lowest BCUT2D eigenvalue weighted by Gasteiger charge is -1.95. The van der Waals surface area contributed by atoms with Gasteiger partial charge in [0.05, 0.1) is 15.9 Å². The molecule has 96 valence electrons. The van der Waals surface area contributed by atoms with Gasteiger partial charge in [0, 0.05) is 6.07 Å². The van der Waals surface area contributed by atoms with Crippen molar-refractivity contribution in [2.75, 3.05) is 5.32 Å². The van der Waals surface area contributed by atoms with E-state index in [1.165, 1.54) is 16.9 Å². The van der Waals surface area contributed by atoms with E-state index in [1.54, 1.807) is 13.0 Å². The monoisotopic (exact) mass is 273 g/mol. The van der Waals surface area contributed by atoms with Crippen molar-refractivity contribution in [1.82, 2.24) is 10.1 Å². The summed E-state index contributed by atoms with van der Waals surface area (Å²) in [7, 11) is 0. The van der Waals surface area contributed by atoms with E-state index in [0.717, 1.165) is 10.2 Å². The van der Waals surface area contributed by atoms with Gasteiger partial charge in [-0.1, -0.05) is 22.6 Å². The van der Waals surface area contributed by atoms with E-state index in [2.05, 4.69) is 15.5 Å². The van der Waals surface area contributed by atoms with Gasteiger partial charge in [0.25, 0.3) is 5.91 Å². The maximum atomic E-state index is 11.9. The fourth-order valence-electron chi connectivity index (χ4n) is 1.71. The lowest BCUT2D eigenvalue weighted by Crippen LogP contribution is -2.10. The summed E-state index contributed by atoms with van der Waals surface area (Å²) >= 11 is 1.44. The minimum Gasteiger partial charge on any atom is -0.351 e. The van der Waals surface area contributed by atoms with Crippen LogP contribution in [0.15, 0.2) is 28.8 Å². The molecule has 1 N–H and O–H groups in total. The number of carbonyl (C=O) groups is 1. The van der Waals surface area contributed by atoms with Crippen LogP contribution in [0.25, 0.3) is 10.2 Å². The summed E-state index contributed by atoms with van der Waals surface area (Å²) in [6, 6.07) is 7.57. The molecule has 19 heavy (non-hydrogen) atoms. The molecular formula is C13H11N3O2S. The van der Waals surface area contributed by atoms with Crippen LogP contribution in [0.4, 0.5) is 5.13 Å². The number of amides is 1. The fourth-order valence-corrected chi connectivity index (χ4v) is 2.67. The van der Waals surface area contributed by atoms with E-state index in [0.29, 0.717) is 10.8 Å². The molecule has 0 aliphatic rings. The highest BCUT2D eigenvalue weighted by Crippen LogP contribution is 2.26. The van der Waals surface area contributed by atoms with Crippen LogP contribution in [0.1, 0.15) is 21.8 Å². The summed E-state index contributed by atoms with van der Waals surface area (Å²) < 4.78 is 5.95. The molecule has 0 fully saturated rings. The van der Waals surface area contributed by atoms with Crippen molar-refractivity contribution < 1.29 is 9.32 Å². The van der Waals surface area contributed by atoms with Gasteiger partial charge in [0.1, 0.15) is 0 Å². The lowest BCUT2D eigenvalue weighted by molar-refractivity contribution is 0.0988. The van der Waals surface area contributed by atoms with Crippen molar-refractivity contribution in [3.63, 3.8) is 0 Å². The second-order valence-corrected chi connectivity index (χ2v) is 5.31. The number of hydrogen-bond acceptors (Lipinski definition) is 5. The number of benzene rings is 1. The topological polar surface area (TPSA) is 68.0 Å². The Morgan fingerprint density at radius 2 is 2.16 bits per heavy atom. The Morgan fingerprint density at radius 3 is 2.89 bits per heavy atom. The summed E-state index contributed by atoms with van der Waals surface area (Å²) in [5.41, 5.74) is 2.71. The van der Waals surface area contributed by atoms with E-state index in [9.17, 15) is 4.79 Å². The van der Waals surface area contributed by atoms with Crippen molar-refractivity contribution in [2.24, 2.45) is 0 Å². The zero-order valence-corrected chi connectivity index (χ0v) is 11.2. The fraction of sp³-hybridized carbons (Fsp3) is 0.154. The minimum atomic E-state index is -0.337. The molecule has 6 heteroatoms. The average Bonchev–Trinajstić information content (AvgIpc) is 2.94. The second-order valence-electron chi connectivity index (χ2n) is 4.28. The molecule has 0 saturated carbocycles. The van der Waals surface area contributed by atoms with Crippen LogP contribution in [0.3, 0.4) is 0 Å². The molecule has 0 aliphatic carbocycles. The van der Waals surface area contributed by atoms with Crippen molar-refractivity contribution in [3.8, 4) is 0 Å². The van der Waals surface area contributed by atoms with Crippen LogP contribution in [0.2, 0.25) is 0 Å². The summed E-state index contributed by atoms with van der Waals surface area (Å²) in [5, 5.41) is 6.95. The first-order chi connectivity index (χ1) is 9.11. The molecule has 0 unspecified atom stereocenters. The summed E-state index contributed by atoms with van der Waals surface area (Å²) in [6.07, 6.45) is 0. The zero-order valence-electron chi connectivity index (χ0n) is 10.4. The minimum absolute atomic E-state index is 0.188. The van der Waals surface area contributed by atoms with Crippen LogP contribution in [0.5, 0.6) is 0 Å². The maximum absolute atomic E-state index is 11.9. The SMILES string of the molecule is Cc1ccc2nc(NC(=O)c3cc(C)no3)sc2c1. The van der Waals surface area contributed by atoms with Gasteiger partial charge < -0.3 is 4.52 Å². The molecule has 0 saturated heterocycles. The highest BCUT2D eigenvalue weighted by molar-refractivity contribution is 7.22. The predicted molar refractivity (Wildman–Crippen MR) is 73.6 cm³/mol. The number of nitrogens with zero attached hydrogens (tertiary/aromatic N) is 2. The number of fused-ring (bicyclic) bond motifs is 1. The van der Waals surface area contributed by atoms with E-state index < -0.39 is 0 Å². The van der Waals surface area contributed by atoms with Gasteiger partial charge in [0.2, 0.25) is 5.76 Å². The van der Waals surface area contributed by atoms with Gasteiger partial charge in [-0.2, -0.15) is 0 Å². The van der Waals surface area contributed by atoms with Gasteiger partial charge >= 0.3 is 0 Å². The number of anilines is 1. The number of rotatable bonds is 2. The van der Waals surface area contributed by atoms with E-state index in [-0.39, 0.29) is 11.7 Å². The van der Waals surface area contributed by atoms with Gasteiger partial charge in [-0.3, -0.25) is 10.1 Å². The quantitative estimate of drug-likeness (QED) is 0.778. The third-order valence-corrected chi connectivity index (χ3v) is 3.55. The van der Waals surface area contributed by atoms with Crippen LogP contribution < -0.4 is 5.32 Å². The van der Waals surface area contributed by atoms with Gasteiger partial charge in [0.15, 0.2) is 5.13 Å². The van der Waals surface area contributed by atoms with Crippen molar-refractivity contribution >= 4 is 32.6 Å². The Hall–Kier alpha value is -2.21. The molecule has 0 aliphatic heterocycles. The summed E-state index contributed by atoms with van der Waals surface area (Å²) in [6.45, 7) is 3.79. The molecule has 2 heterocycles. The first kappa shape index (κ1) is 11.9. The van der Waals surface area contributed by atoms with Crippen LogP contribution in [-0.2, 0) is 0 Å². The first-order valence-corrected chi connectivity index (χ1v) is 6.55. The largest absolute Gasteiger partial charge is 0.351 e. The Bertz CT molecular complexity index is 760. The molecule has 0 bridgehead atoms. The Kier molecular flexibility index (Phi) is 2.79. The van der Waals surface area contributed by atoms with Gasteiger partial charge in [-0.15, -0.1) is 0 Å². The van der Waals surface area contributed by atoms with Crippen LogP contribution in [-0.4, -0.2) is 16.0 Å². The van der Waals surface area contributed by atoms with Gasteiger partial charge in [-0.05, 0) is 31.5 Å². The molecular weight excluding hydrogens is 262 g/mol. The average molecular weight is 273 g/mol. The first-order valence-electron chi connectivity index (χ1n) is 5.74. The molecule has 1 aromatic carbocycles. The van der Waals surface area contributed by atoms with E-state index >= 15 is 0 Å². The lowest BCUT2D eigenvalue weighted by atomic mass is 10.2. The molecule has 1 amide bonds. The number of hydrogen-bond donors (Lipinski definition) is 1. The van der Waals surface area contributed by atoms with Crippen molar-refractivity contribution in [3.05, 3.63) is 41.3 Å². The second kappa shape index (κ2) is 4.47. The summed E-state index contributed by atoms with van der Waals surface area (Å²) in [5.74, 6) is -0.149. The van der Waals surface area contributed by atoms with E-state index in [1.807, 2.05) is 25.1 Å². The molecule has 0 radical (unpaired) electrons. The van der Waals surface area contributed by atoms with Crippen molar-refractivity contribution in [1.29, 1.82) is 0 Å². The zero-order chi connectivity index (χ0) is 13.4. The molecule has 5 nitrogen and oxygen atoms in total. The number of aromatic nitrogens is 2. The Labute approximate surface area is 113 Å². The Balaban J connectivity index is 1.87. The van der Waals surface area contributed by atoms with Crippen LogP contribution >= 0.6 is 11.3 Å². The molecule has 0 spiro atoms. The number of carbonyl (C=O) groups excluding carboxylic acids is 1. The summed E-state index contributed by atoms with van der Waals surface area (Å²) in [4.78, 5) is 16.2. The number of nitrogens with one attached hydrogen (secondary N) is 1. The Morgan fingerprint density at radius 1 is 1.32 bits per heavy atom. The normalized spacial score (nSPS) is 10.8. The molecule has 3 rings (SSSR count). The van der Waals surface area contributed by atoms with E-state index in [4.69, 9.17) is 4.52 Å².